The molecule has 1 aliphatic heterocycles. The summed E-state index contributed by atoms with van der Waals surface area (Å²) in [5.74, 6) is 0.119. The minimum absolute atomic E-state index is 0.0383. The molecule has 0 radical (unpaired) electrons. The quantitative estimate of drug-likeness (QED) is 0.864. The zero-order chi connectivity index (χ0) is 13.7. The van der Waals surface area contributed by atoms with Crippen LogP contribution in [0.25, 0.3) is 0 Å². The average Bonchev–Trinajstić information content (AvgIpc) is 2.39. The van der Waals surface area contributed by atoms with Gasteiger partial charge in [-0.2, -0.15) is 0 Å². The van der Waals surface area contributed by atoms with Crippen LogP contribution < -0.4 is 10.6 Å². The summed E-state index contributed by atoms with van der Waals surface area (Å²) in [5.41, 5.74) is 1.19. The molecule has 0 spiro atoms. The number of carbonyl (C=O) groups is 1. The Kier molecular flexibility index (Phi) is 4.53. The van der Waals surface area contributed by atoms with Crippen molar-refractivity contribution in [2.24, 2.45) is 5.41 Å². The highest BCUT2D eigenvalue weighted by Gasteiger charge is 2.36. The molecule has 4 nitrogen and oxygen atoms in total. The van der Waals surface area contributed by atoms with Gasteiger partial charge < -0.3 is 10.6 Å². The maximum Gasteiger partial charge on any atom is 0.237 e. The van der Waals surface area contributed by atoms with Crippen LogP contribution >= 0.6 is 0 Å². The van der Waals surface area contributed by atoms with Crippen LogP contribution in [0.15, 0.2) is 24.5 Å². The number of rotatable bonds is 4. The molecule has 1 aliphatic rings. The molecule has 0 aliphatic carbocycles. The predicted octanol–water partition coefficient (Wildman–Crippen LogP) is 1.52. The van der Waals surface area contributed by atoms with E-state index in [2.05, 4.69) is 29.5 Å². The molecule has 104 valence electrons. The van der Waals surface area contributed by atoms with Gasteiger partial charge in [-0.3, -0.25) is 9.78 Å². The van der Waals surface area contributed by atoms with Crippen LogP contribution in [0.2, 0.25) is 0 Å². The first-order valence-corrected chi connectivity index (χ1v) is 6.99. The number of hydrogen-bond donors (Lipinski definition) is 2. The summed E-state index contributed by atoms with van der Waals surface area (Å²) in [6.45, 7) is 5.91. The van der Waals surface area contributed by atoms with E-state index in [4.69, 9.17) is 0 Å². The van der Waals surface area contributed by atoms with Crippen molar-refractivity contribution in [3.8, 4) is 0 Å². The Bertz CT molecular complexity index is 417. The van der Waals surface area contributed by atoms with Gasteiger partial charge in [0.2, 0.25) is 5.91 Å². The van der Waals surface area contributed by atoms with Gasteiger partial charge in [0.05, 0.1) is 6.04 Å². The second kappa shape index (κ2) is 6.15. The molecule has 1 unspecified atom stereocenters. The van der Waals surface area contributed by atoms with Crippen LogP contribution in [0.5, 0.6) is 0 Å². The lowest BCUT2D eigenvalue weighted by molar-refractivity contribution is -0.126. The smallest absolute Gasteiger partial charge is 0.237 e. The van der Waals surface area contributed by atoms with Crippen molar-refractivity contribution in [3.05, 3.63) is 30.1 Å². The van der Waals surface area contributed by atoms with Gasteiger partial charge in [-0.05, 0) is 42.9 Å². The number of nitrogens with zero attached hydrogens (tertiary/aromatic N) is 1. The molecule has 1 amide bonds. The number of pyridine rings is 1. The van der Waals surface area contributed by atoms with Gasteiger partial charge in [0.25, 0.3) is 0 Å². The van der Waals surface area contributed by atoms with Crippen molar-refractivity contribution in [3.63, 3.8) is 0 Å². The van der Waals surface area contributed by atoms with Crippen LogP contribution in [0.1, 0.15) is 32.3 Å². The zero-order valence-electron chi connectivity index (χ0n) is 11.8. The molecule has 1 aromatic rings. The van der Waals surface area contributed by atoms with Gasteiger partial charge >= 0.3 is 0 Å². The number of hydrogen-bond acceptors (Lipinski definition) is 3. The number of piperidine rings is 1. The molecule has 2 heterocycles. The fourth-order valence-corrected chi connectivity index (χ4v) is 2.64. The maximum atomic E-state index is 12.2. The van der Waals surface area contributed by atoms with Gasteiger partial charge in [0.1, 0.15) is 0 Å². The van der Waals surface area contributed by atoms with E-state index in [1.165, 1.54) is 0 Å². The first-order chi connectivity index (χ1) is 9.09. The molecule has 19 heavy (non-hydrogen) atoms. The molecule has 1 saturated heterocycles. The Morgan fingerprint density at radius 2 is 2.42 bits per heavy atom. The topological polar surface area (TPSA) is 54.0 Å². The molecule has 2 rings (SSSR count). The minimum Gasteiger partial charge on any atom is -0.354 e. The lowest BCUT2D eigenvalue weighted by atomic mass is 9.77. The Balaban J connectivity index is 1.81. The largest absolute Gasteiger partial charge is 0.354 e. The van der Waals surface area contributed by atoms with Crippen LogP contribution in [0.3, 0.4) is 0 Å². The van der Waals surface area contributed by atoms with Crippen LogP contribution in [0, 0.1) is 5.41 Å². The number of nitrogens with one attached hydrogen (secondary N) is 2. The van der Waals surface area contributed by atoms with Crippen molar-refractivity contribution in [2.45, 2.75) is 39.2 Å². The molecule has 1 atom stereocenters. The monoisotopic (exact) mass is 261 g/mol. The number of aromatic nitrogens is 1. The third-order valence-corrected chi connectivity index (χ3v) is 3.83. The SMILES string of the molecule is CC1(C)CCCNC1C(=O)NCCc1cccnc1. The van der Waals surface area contributed by atoms with E-state index < -0.39 is 0 Å². The fourth-order valence-electron chi connectivity index (χ4n) is 2.64. The molecule has 0 aromatic carbocycles. The Hall–Kier alpha value is -1.42. The van der Waals surface area contributed by atoms with E-state index in [-0.39, 0.29) is 17.4 Å². The lowest BCUT2D eigenvalue weighted by Gasteiger charge is -2.38. The third-order valence-electron chi connectivity index (χ3n) is 3.83. The summed E-state index contributed by atoms with van der Waals surface area (Å²) >= 11 is 0. The summed E-state index contributed by atoms with van der Waals surface area (Å²) in [7, 11) is 0. The number of amides is 1. The number of carbonyl (C=O) groups excluding carboxylic acids is 1. The van der Waals surface area contributed by atoms with Gasteiger partial charge in [0.15, 0.2) is 0 Å². The Morgan fingerprint density at radius 3 is 3.11 bits per heavy atom. The van der Waals surface area contributed by atoms with Gasteiger partial charge in [-0.25, -0.2) is 0 Å². The van der Waals surface area contributed by atoms with Gasteiger partial charge in [0, 0.05) is 18.9 Å². The summed E-state index contributed by atoms with van der Waals surface area (Å²) < 4.78 is 0. The fraction of sp³-hybridized carbons (Fsp3) is 0.600. The molecule has 0 bridgehead atoms. The first kappa shape index (κ1) is 14.0. The molecule has 1 aromatic heterocycles. The van der Waals surface area contributed by atoms with E-state index in [1.54, 1.807) is 6.20 Å². The Labute approximate surface area is 115 Å². The van der Waals surface area contributed by atoms with E-state index in [9.17, 15) is 4.79 Å². The van der Waals surface area contributed by atoms with Crippen molar-refractivity contribution in [1.82, 2.24) is 15.6 Å². The van der Waals surface area contributed by atoms with E-state index >= 15 is 0 Å². The normalized spacial score (nSPS) is 21.9. The van der Waals surface area contributed by atoms with Crippen molar-refractivity contribution < 1.29 is 4.79 Å². The van der Waals surface area contributed by atoms with E-state index in [1.807, 2.05) is 18.3 Å². The van der Waals surface area contributed by atoms with E-state index in [0.717, 1.165) is 31.4 Å². The summed E-state index contributed by atoms with van der Waals surface area (Å²) in [4.78, 5) is 16.3. The van der Waals surface area contributed by atoms with Crippen molar-refractivity contribution in [1.29, 1.82) is 0 Å². The van der Waals surface area contributed by atoms with Gasteiger partial charge in [-0.1, -0.05) is 19.9 Å². The first-order valence-electron chi connectivity index (χ1n) is 6.99. The molecule has 4 heteroatoms. The van der Waals surface area contributed by atoms with Crippen LogP contribution in [-0.4, -0.2) is 30.0 Å². The predicted molar refractivity (Wildman–Crippen MR) is 75.8 cm³/mol. The maximum absolute atomic E-state index is 12.2. The highest BCUT2D eigenvalue weighted by atomic mass is 16.2. The molecular weight excluding hydrogens is 238 g/mol. The zero-order valence-corrected chi connectivity index (χ0v) is 11.8. The molecule has 2 N–H and O–H groups in total. The second-order valence-corrected chi connectivity index (χ2v) is 5.88. The van der Waals surface area contributed by atoms with Crippen molar-refractivity contribution in [2.75, 3.05) is 13.1 Å². The highest BCUT2D eigenvalue weighted by molar-refractivity contribution is 5.82. The average molecular weight is 261 g/mol. The minimum atomic E-state index is -0.0739. The van der Waals surface area contributed by atoms with Crippen LogP contribution in [-0.2, 0) is 11.2 Å². The summed E-state index contributed by atoms with van der Waals surface area (Å²) in [5, 5.41) is 6.36. The third kappa shape index (κ3) is 3.77. The molecule has 1 fully saturated rings. The Morgan fingerprint density at radius 1 is 1.58 bits per heavy atom. The standard InChI is InChI=1S/C15H23N3O/c1-15(2)7-4-9-17-13(15)14(19)18-10-6-12-5-3-8-16-11-12/h3,5,8,11,13,17H,4,6-7,9-10H2,1-2H3,(H,18,19). The van der Waals surface area contributed by atoms with E-state index in [0.29, 0.717) is 6.54 Å². The summed E-state index contributed by atoms with van der Waals surface area (Å²) in [6, 6.07) is 3.88. The summed E-state index contributed by atoms with van der Waals surface area (Å²) in [6.07, 6.45) is 6.67. The molecule has 0 saturated carbocycles. The highest BCUT2D eigenvalue weighted by Crippen LogP contribution is 2.29. The van der Waals surface area contributed by atoms with Crippen molar-refractivity contribution >= 4 is 5.91 Å². The molecular formula is C15H23N3O. The lowest BCUT2D eigenvalue weighted by Crippen LogP contribution is -2.55. The van der Waals surface area contributed by atoms with Gasteiger partial charge in [-0.15, -0.1) is 0 Å². The second-order valence-electron chi connectivity index (χ2n) is 5.88. The van der Waals surface area contributed by atoms with Crippen LogP contribution in [0.4, 0.5) is 0 Å².